The van der Waals surface area contributed by atoms with Crippen LogP contribution in [0.5, 0.6) is 11.5 Å². The number of alkyl halides is 2. The van der Waals surface area contributed by atoms with Gasteiger partial charge < -0.3 is 14.8 Å². The molecule has 0 heterocycles. The van der Waals surface area contributed by atoms with Crippen molar-refractivity contribution in [3.63, 3.8) is 0 Å². The zero-order valence-electron chi connectivity index (χ0n) is 13.7. The number of hydrogen-bond donors (Lipinski definition) is 1. The van der Waals surface area contributed by atoms with E-state index in [9.17, 15) is 13.6 Å². The van der Waals surface area contributed by atoms with E-state index in [1.165, 1.54) is 18.2 Å². The van der Waals surface area contributed by atoms with E-state index in [1.807, 2.05) is 26.0 Å². The smallest absolute Gasteiger partial charge is 0.387 e. The average Bonchev–Trinajstić information content (AvgIpc) is 2.53. The van der Waals surface area contributed by atoms with E-state index >= 15 is 0 Å². The van der Waals surface area contributed by atoms with Crippen molar-refractivity contribution in [1.82, 2.24) is 0 Å². The molecule has 0 aromatic heterocycles. The molecule has 6 heteroatoms. The number of carbonyl (C=O) groups is 1. The summed E-state index contributed by atoms with van der Waals surface area (Å²) in [5.74, 6) is -0.352. The lowest BCUT2D eigenvalue weighted by molar-refractivity contribution is -0.0514. The van der Waals surface area contributed by atoms with Gasteiger partial charge >= 0.3 is 6.61 Å². The Morgan fingerprint density at radius 1 is 1.17 bits per heavy atom. The predicted molar refractivity (Wildman–Crippen MR) is 88.1 cm³/mol. The Labute approximate surface area is 139 Å². The Morgan fingerprint density at radius 2 is 1.92 bits per heavy atom. The minimum absolute atomic E-state index is 0.102. The summed E-state index contributed by atoms with van der Waals surface area (Å²) in [5, 5.41) is 2.81. The molecule has 1 N–H and O–H groups in total. The van der Waals surface area contributed by atoms with Crippen LogP contribution in [0.3, 0.4) is 0 Å². The third kappa shape index (κ3) is 4.22. The van der Waals surface area contributed by atoms with Gasteiger partial charge in [-0.05, 0) is 56.2 Å². The van der Waals surface area contributed by atoms with Crippen molar-refractivity contribution in [2.75, 3.05) is 11.9 Å². The number of ether oxygens (including phenoxy) is 2. The fourth-order valence-corrected chi connectivity index (χ4v) is 2.19. The highest BCUT2D eigenvalue weighted by molar-refractivity contribution is 6.05. The second kappa shape index (κ2) is 7.77. The number of nitrogens with one attached hydrogen (secondary N) is 1. The topological polar surface area (TPSA) is 47.6 Å². The maximum absolute atomic E-state index is 12.4. The van der Waals surface area contributed by atoms with Crippen LogP contribution in [-0.2, 0) is 0 Å². The van der Waals surface area contributed by atoms with E-state index in [0.29, 0.717) is 11.3 Å². The summed E-state index contributed by atoms with van der Waals surface area (Å²) in [4.78, 5) is 12.4. The first-order valence-corrected chi connectivity index (χ1v) is 7.51. The van der Waals surface area contributed by atoms with Crippen molar-refractivity contribution in [1.29, 1.82) is 0 Å². The Balaban J connectivity index is 2.25. The van der Waals surface area contributed by atoms with Gasteiger partial charge in [-0.1, -0.05) is 12.1 Å². The van der Waals surface area contributed by atoms with Crippen molar-refractivity contribution < 1.29 is 23.0 Å². The summed E-state index contributed by atoms with van der Waals surface area (Å²) < 4.78 is 34.5. The van der Waals surface area contributed by atoms with Crippen molar-refractivity contribution in [2.24, 2.45) is 0 Å². The minimum Gasteiger partial charge on any atom is -0.490 e. The lowest BCUT2D eigenvalue weighted by atomic mass is 10.1. The van der Waals surface area contributed by atoms with E-state index < -0.39 is 6.61 Å². The second-order valence-corrected chi connectivity index (χ2v) is 5.17. The summed E-state index contributed by atoms with van der Waals surface area (Å²) in [5.41, 5.74) is 3.02. The van der Waals surface area contributed by atoms with Gasteiger partial charge in [-0.3, -0.25) is 4.79 Å². The number of rotatable bonds is 6. The number of hydrogen-bond acceptors (Lipinski definition) is 3. The molecule has 2 aromatic carbocycles. The molecule has 0 aliphatic rings. The van der Waals surface area contributed by atoms with Crippen LogP contribution in [0.2, 0.25) is 0 Å². The van der Waals surface area contributed by atoms with Crippen molar-refractivity contribution in [3.05, 3.63) is 53.1 Å². The molecule has 0 spiro atoms. The van der Waals surface area contributed by atoms with Crippen LogP contribution in [0.15, 0.2) is 36.4 Å². The van der Waals surface area contributed by atoms with Gasteiger partial charge in [-0.15, -0.1) is 0 Å². The van der Waals surface area contributed by atoms with Gasteiger partial charge in [-0.25, -0.2) is 0 Å². The van der Waals surface area contributed by atoms with E-state index in [0.717, 1.165) is 11.1 Å². The predicted octanol–water partition coefficient (Wildman–Crippen LogP) is 4.56. The molecule has 0 aliphatic carbocycles. The van der Waals surface area contributed by atoms with Crippen molar-refractivity contribution in [3.8, 4) is 11.5 Å². The molecular weight excluding hydrogens is 316 g/mol. The Bertz CT molecular complexity index is 732. The molecule has 4 nitrogen and oxygen atoms in total. The van der Waals surface area contributed by atoms with Crippen LogP contribution in [-0.4, -0.2) is 19.1 Å². The minimum atomic E-state index is -2.96. The van der Waals surface area contributed by atoms with Crippen LogP contribution >= 0.6 is 0 Å². The van der Waals surface area contributed by atoms with Gasteiger partial charge in [0, 0.05) is 11.3 Å². The third-order valence-corrected chi connectivity index (χ3v) is 3.57. The number of anilines is 1. The molecule has 0 saturated heterocycles. The SMILES string of the molecule is CCOc1cc(C(=O)Nc2cccc(C)c2C)ccc1OC(F)F. The quantitative estimate of drug-likeness (QED) is 0.842. The number of amides is 1. The zero-order chi connectivity index (χ0) is 17.7. The molecule has 2 rings (SSSR count). The van der Waals surface area contributed by atoms with E-state index in [4.69, 9.17) is 4.74 Å². The van der Waals surface area contributed by atoms with E-state index in [2.05, 4.69) is 10.1 Å². The van der Waals surface area contributed by atoms with Crippen LogP contribution in [0, 0.1) is 13.8 Å². The number of benzene rings is 2. The van der Waals surface area contributed by atoms with Gasteiger partial charge in [0.2, 0.25) is 0 Å². The molecule has 0 unspecified atom stereocenters. The zero-order valence-corrected chi connectivity index (χ0v) is 13.7. The molecule has 0 saturated carbocycles. The van der Waals surface area contributed by atoms with Crippen molar-refractivity contribution >= 4 is 11.6 Å². The van der Waals surface area contributed by atoms with Gasteiger partial charge in [0.05, 0.1) is 6.61 Å². The standard InChI is InChI=1S/C18H19F2NO3/c1-4-23-16-10-13(8-9-15(16)24-18(19)20)17(22)21-14-7-5-6-11(2)12(14)3/h5-10,18H,4H2,1-3H3,(H,21,22). The second-order valence-electron chi connectivity index (χ2n) is 5.17. The highest BCUT2D eigenvalue weighted by Crippen LogP contribution is 2.30. The summed E-state index contributed by atoms with van der Waals surface area (Å²) in [6, 6.07) is 9.72. The molecule has 0 radical (unpaired) electrons. The van der Waals surface area contributed by atoms with Gasteiger partial charge in [-0.2, -0.15) is 8.78 Å². The molecule has 0 atom stereocenters. The maximum atomic E-state index is 12.4. The van der Waals surface area contributed by atoms with E-state index in [-0.39, 0.29) is 24.0 Å². The molecule has 1 amide bonds. The van der Waals surface area contributed by atoms with Crippen LogP contribution in [0.25, 0.3) is 0 Å². The first-order chi connectivity index (χ1) is 11.4. The van der Waals surface area contributed by atoms with Crippen molar-refractivity contribution in [2.45, 2.75) is 27.4 Å². The lowest BCUT2D eigenvalue weighted by Gasteiger charge is -2.14. The number of carbonyl (C=O) groups excluding carboxylic acids is 1. The lowest BCUT2D eigenvalue weighted by Crippen LogP contribution is -2.14. The van der Waals surface area contributed by atoms with Crippen LogP contribution in [0.1, 0.15) is 28.4 Å². The van der Waals surface area contributed by atoms with Gasteiger partial charge in [0.25, 0.3) is 5.91 Å². The first kappa shape index (κ1) is 17.7. The fraction of sp³-hybridized carbons (Fsp3) is 0.278. The monoisotopic (exact) mass is 335 g/mol. The first-order valence-electron chi connectivity index (χ1n) is 7.51. The summed E-state index contributed by atoms with van der Waals surface area (Å²) in [6.07, 6.45) is 0. The van der Waals surface area contributed by atoms with Gasteiger partial charge in [0.15, 0.2) is 11.5 Å². The Morgan fingerprint density at radius 3 is 2.58 bits per heavy atom. The highest BCUT2D eigenvalue weighted by atomic mass is 19.3. The summed E-state index contributed by atoms with van der Waals surface area (Å²) in [6.45, 7) is 2.89. The molecule has 24 heavy (non-hydrogen) atoms. The molecule has 0 aliphatic heterocycles. The third-order valence-electron chi connectivity index (χ3n) is 3.57. The molecule has 0 fully saturated rings. The molecule has 128 valence electrons. The number of halogens is 2. The number of aryl methyl sites for hydroxylation is 1. The van der Waals surface area contributed by atoms with Crippen LogP contribution < -0.4 is 14.8 Å². The highest BCUT2D eigenvalue weighted by Gasteiger charge is 2.15. The van der Waals surface area contributed by atoms with E-state index in [1.54, 1.807) is 13.0 Å². The average molecular weight is 335 g/mol. The maximum Gasteiger partial charge on any atom is 0.387 e. The Hall–Kier alpha value is -2.63. The summed E-state index contributed by atoms with van der Waals surface area (Å²) in [7, 11) is 0. The molecule has 0 bridgehead atoms. The normalized spacial score (nSPS) is 10.6. The van der Waals surface area contributed by atoms with Crippen LogP contribution in [0.4, 0.5) is 14.5 Å². The Kier molecular flexibility index (Phi) is 5.73. The largest absolute Gasteiger partial charge is 0.490 e. The van der Waals surface area contributed by atoms with Gasteiger partial charge in [0.1, 0.15) is 0 Å². The molecule has 2 aromatic rings. The fourth-order valence-electron chi connectivity index (χ4n) is 2.19. The summed E-state index contributed by atoms with van der Waals surface area (Å²) >= 11 is 0. The molecular formula is C18H19F2NO3.